The van der Waals surface area contributed by atoms with Gasteiger partial charge in [-0.25, -0.2) is 0 Å². The van der Waals surface area contributed by atoms with Gasteiger partial charge >= 0.3 is 0 Å². The molecule has 2 atom stereocenters. The van der Waals surface area contributed by atoms with Crippen molar-refractivity contribution in [2.75, 3.05) is 0 Å². The highest BCUT2D eigenvalue weighted by Gasteiger charge is 2.23. The van der Waals surface area contributed by atoms with Gasteiger partial charge in [0.1, 0.15) is 0 Å². The van der Waals surface area contributed by atoms with Crippen LogP contribution in [0.1, 0.15) is 52.0 Å². The molecule has 1 fully saturated rings. The smallest absolute Gasteiger partial charge is 0.0662 e. The Morgan fingerprint density at radius 2 is 2.00 bits per heavy atom. The molecule has 0 radical (unpaired) electrons. The third-order valence-corrected chi connectivity index (χ3v) is 5.06. The summed E-state index contributed by atoms with van der Waals surface area (Å²) in [6.45, 7) is 7.45. The molecule has 1 aromatic carbocycles. The molecule has 0 aromatic heterocycles. The van der Waals surface area contributed by atoms with Crippen LogP contribution in [0, 0.1) is 0 Å². The van der Waals surface area contributed by atoms with Gasteiger partial charge in [0.25, 0.3) is 0 Å². The second-order valence-corrected chi connectivity index (χ2v) is 8.07. The Bertz CT molecular complexity index is 427. The summed E-state index contributed by atoms with van der Waals surface area (Å²) in [4.78, 5) is 1.28. The zero-order valence-electron chi connectivity index (χ0n) is 12.9. The lowest BCUT2D eigenvalue weighted by molar-refractivity contribution is 0.137. The fourth-order valence-corrected chi connectivity index (χ4v) is 3.79. The Kier molecular flexibility index (Phi) is 5.53. The fraction of sp³-hybridized carbons (Fsp3) is 0.647. The molecule has 0 aliphatic heterocycles. The molecule has 0 saturated heterocycles. The first-order valence-electron chi connectivity index (χ1n) is 7.63. The van der Waals surface area contributed by atoms with E-state index in [-0.39, 0.29) is 11.6 Å². The van der Waals surface area contributed by atoms with Crippen molar-refractivity contribution in [3.8, 4) is 0 Å². The molecule has 0 bridgehead atoms. The molecule has 2 unspecified atom stereocenters. The van der Waals surface area contributed by atoms with Gasteiger partial charge in [0.2, 0.25) is 0 Å². The summed E-state index contributed by atoms with van der Waals surface area (Å²) in [6, 6.07) is 8.70. The quantitative estimate of drug-likeness (QED) is 0.881. The van der Waals surface area contributed by atoms with E-state index in [2.05, 4.69) is 50.4 Å². The zero-order chi connectivity index (χ0) is 14.6. The molecule has 0 amide bonds. The molecule has 2 nitrogen and oxygen atoms in total. The average Bonchev–Trinajstić information content (AvgIpc) is 2.39. The number of aliphatic hydroxyl groups excluding tert-OH is 1. The van der Waals surface area contributed by atoms with E-state index in [1.807, 2.05) is 11.8 Å². The molecule has 112 valence electrons. The van der Waals surface area contributed by atoms with E-state index >= 15 is 0 Å². The Hall–Kier alpha value is -0.510. The monoisotopic (exact) mass is 293 g/mol. The number of hydrogen-bond acceptors (Lipinski definition) is 3. The molecule has 1 saturated carbocycles. The van der Waals surface area contributed by atoms with Gasteiger partial charge in [-0.15, -0.1) is 11.8 Å². The Labute approximate surface area is 127 Å². The first kappa shape index (κ1) is 15.9. The second kappa shape index (κ2) is 6.97. The number of aliphatic hydroxyl groups is 1. The Balaban J connectivity index is 1.95. The fourth-order valence-electron chi connectivity index (χ4n) is 2.49. The molecular formula is C17H27NOS. The molecule has 1 aliphatic carbocycles. The molecule has 20 heavy (non-hydrogen) atoms. The lowest BCUT2D eigenvalue weighted by Gasteiger charge is -2.27. The van der Waals surface area contributed by atoms with Crippen molar-refractivity contribution in [2.45, 2.75) is 74.8 Å². The molecular weight excluding hydrogens is 266 g/mol. The van der Waals surface area contributed by atoms with Crippen LogP contribution in [0.2, 0.25) is 0 Å². The van der Waals surface area contributed by atoms with E-state index in [9.17, 15) is 5.11 Å². The molecule has 0 heterocycles. The van der Waals surface area contributed by atoms with Crippen molar-refractivity contribution >= 4 is 11.8 Å². The SMILES string of the molecule is CC(C)(C)NCc1cccc(SC2CCCCC2O)c1. The molecule has 1 aliphatic rings. The minimum Gasteiger partial charge on any atom is -0.392 e. The number of hydrogen-bond donors (Lipinski definition) is 2. The van der Waals surface area contributed by atoms with Gasteiger partial charge in [0.05, 0.1) is 6.10 Å². The summed E-state index contributed by atoms with van der Waals surface area (Å²) in [5, 5.41) is 14.0. The predicted molar refractivity (Wildman–Crippen MR) is 87.2 cm³/mol. The minimum atomic E-state index is -0.134. The van der Waals surface area contributed by atoms with Crippen molar-refractivity contribution in [1.82, 2.24) is 5.32 Å². The average molecular weight is 293 g/mol. The minimum absolute atomic E-state index is 0.134. The van der Waals surface area contributed by atoms with E-state index in [0.29, 0.717) is 5.25 Å². The highest BCUT2D eigenvalue weighted by Crippen LogP contribution is 2.34. The van der Waals surface area contributed by atoms with Gasteiger partial charge in [0, 0.05) is 22.2 Å². The summed E-state index contributed by atoms with van der Waals surface area (Å²) in [5.41, 5.74) is 1.46. The zero-order valence-corrected chi connectivity index (χ0v) is 13.7. The largest absolute Gasteiger partial charge is 0.392 e. The van der Waals surface area contributed by atoms with Crippen LogP contribution in [0.25, 0.3) is 0 Å². The van der Waals surface area contributed by atoms with Gasteiger partial charge in [-0.2, -0.15) is 0 Å². The third-order valence-electron chi connectivity index (χ3n) is 3.68. The third kappa shape index (κ3) is 5.12. The van der Waals surface area contributed by atoms with Crippen LogP contribution in [0.15, 0.2) is 29.2 Å². The van der Waals surface area contributed by atoms with Crippen molar-refractivity contribution in [3.05, 3.63) is 29.8 Å². The highest BCUT2D eigenvalue weighted by molar-refractivity contribution is 8.00. The molecule has 3 heteroatoms. The van der Waals surface area contributed by atoms with E-state index in [1.54, 1.807) is 0 Å². The maximum atomic E-state index is 10.1. The van der Waals surface area contributed by atoms with E-state index < -0.39 is 0 Å². The summed E-state index contributed by atoms with van der Waals surface area (Å²) in [5.74, 6) is 0. The van der Waals surface area contributed by atoms with Crippen LogP contribution in [0.3, 0.4) is 0 Å². The van der Waals surface area contributed by atoms with Crippen LogP contribution in [0.4, 0.5) is 0 Å². The second-order valence-electron chi connectivity index (χ2n) is 6.76. The van der Waals surface area contributed by atoms with Crippen LogP contribution in [-0.4, -0.2) is 22.0 Å². The van der Waals surface area contributed by atoms with E-state index in [4.69, 9.17) is 0 Å². The topological polar surface area (TPSA) is 32.3 Å². The standard InChI is InChI=1S/C17H27NOS/c1-17(2,3)18-12-13-7-6-8-14(11-13)20-16-10-5-4-9-15(16)19/h6-8,11,15-16,18-19H,4-5,9-10,12H2,1-3H3. The number of nitrogens with one attached hydrogen (secondary N) is 1. The molecule has 0 spiro atoms. The normalized spacial score (nSPS) is 23.8. The van der Waals surface area contributed by atoms with Crippen molar-refractivity contribution in [1.29, 1.82) is 0 Å². The van der Waals surface area contributed by atoms with Gasteiger partial charge in [-0.1, -0.05) is 25.0 Å². The summed E-state index contributed by atoms with van der Waals surface area (Å²) in [7, 11) is 0. The maximum absolute atomic E-state index is 10.1. The summed E-state index contributed by atoms with van der Waals surface area (Å²) < 4.78 is 0. The summed E-state index contributed by atoms with van der Waals surface area (Å²) in [6.07, 6.45) is 4.39. The highest BCUT2D eigenvalue weighted by atomic mass is 32.2. The molecule has 1 aromatic rings. The van der Waals surface area contributed by atoms with Crippen molar-refractivity contribution < 1.29 is 5.11 Å². The molecule has 2 N–H and O–H groups in total. The first-order chi connectivity index (χ1) is 9.44. The van der Waals surface area contributed by atoms with Crippen molar-refractivity contribution in [3.63, 3.8) is 0 Å². The lowest BCUT2D eigenvalue weighted by atomic mass is 9.97. The van der Waals surface area contributed by atoms with Crippen LogP contribution in [-0.2, 0) is 6.54 Å². The first-order valence-corrected chi connectivity index (χ1v) is 8.51. The number of rotatable bonds is 4. The van der Waals surface area contributed by atoms with Crippen LogP contribution >= 0.6 is 11.8 Å². The van der Waals surface area contributed by atoms with Crippen molar-refractivity contribution in [2.24, 2.45) is 0 Å². The Morgan fingerprint density at radius 3 is 2.70 bits per heavy atom. The Morgan fingerprint density at radius 1 is 1.25 bits per heavy atom. The maximum Gasteiger partial charge on any atom is 0.0662 e. The van der Waals surface area contributed by atoms with Gasteiger partial charge in [0.15, 0.2) is 0 Å². The number of thioether (sulfide) groups is 1. The van der Waals surface area contributed by atoms with E-state index in [1.165, 1.54) is 23.3 Å². The summed E-state index contributed by atoms with van der Waals surface area (Å²) >= 11 is 1.84. The van der Waals surface area contributed by atoms with Gasteiger partial charge in [-0.3, -0.25) is 0 Å². The molecule has 2 rings (SSSR count). The van der Waals surface area contributed by atoms with Gasteiger partial charge in [-0.05, 0) is 51.3 Å². The van der Waals surface area contributed by atoms with Crippen LogP contribution in [0.5, 0.6) is 0 Å². The predicted octanol–water partition coefficient (Wildman–Crippen LogP) is 3.97. The number of benzene rings is 1. The lowest BCUT2D eigenvalue weighted by Crippen LogP contribution is -2.35. The van der Waals surface area contributed by atoms with E-state index in [0.717, 1.165) is 19.4 Å². The van der Waals surface area contributed by atoms with Gasteiger partial charge < -0.3 is 10.4 Å². The van der Waals surface area contributed by atoms with Crippen LogP contribution < -0.4 is 5.32 Å².